The van der Waals surface area contributed by atoms with Gasteiger partial charge < -0.3 is 9.16 Å². The predicted molar refractivity (Wildman–Crippen MR) is 159 cm³/mol. The van der Waals surface area contributed by atoms with Gasteiger partial charge in [-0.2, -0.15) is 0 Å². The van der Waals surface area contributed by atoms with E-state index in [4.69, 9.17) is 9.16 Å². The summed E-state index contributed by atoms with van der Waals surface area (Å²) in [5, 5.41) is 2.31. The highest BCUT2D eigenvalue weighted by atomic mass is 28.4. The molecule has 0 saturated heterocycles. The van der Waals surface area contributed by atoms with E-state index in [-0.39, 0.29) is 17.2 Å². The highest BCUT2D eigenvalue weighted by Gasteiger charge is 2.51. The maximum Gasteiger partial charge on any atom is 0.411 e. The van der Waals surface area contributed by atoms with E-state index in [0.717, 1.165) is 11.1 Å². The molecule has 4 nitrogen and oxygen atoms in total. The van der Waals surface area contributed by atoms with E-state index in [1.165, 1.54) is 15.9 Å². The number of carbonyl (C=O) groups excluding carboxylic acids is 1. The first-order valence-electron chi connectivity index (χ1n) is 13.4. The van der Waals surface area contributed by atoms with Gasteiger partial charge in [0.2, 0.25) is 0 Å². The summed E-state index contributed by atoms with van der Waals surface area (Å²) in [4.78, 5) is 15.2. The van der Waals surface area contributed by atoms with E-state index in [1.807, 2.05) is 37.8 Å². The molecule has 0 aliphatic carbocycles. The Labute approximate surface area is 229 Å². The third-order valence-corrected chi connectivity index (χ3v) is 12.0. The summed E-state index contributed by atoms with van der Waals surface area (Å²) in [5.41, 5.74) is 2.87. The fourth-order valence-electron chi connectivity index (χ4n) is 5.34. The molecule has 1 aliphatic heterocycles. The number of aryl methyl sites for hydroxylation is 1. The van der Waals surface area contributed by atoms with Crippen molar-refractivity contribution in [3.63, 3.8) is 0 Å². The number of amides is 1. The average Bonchev–Trinajstić information content (AvgIpc) is 3.29. The molecule has 1 atom stereocenters. The Kier molecular flexibility index (Phi) is 8.00. The summed E-state index contributed by atoms with van der Waals surface area (Å²) in [5.74, 6) is 0. The molecule has 0 spiro atoms. The molecular formula is C33H41NO3Si. The van der Waals surface area contributed by atoms with Crippen LogP contribution in [-0.2, 0) is 9.16 Å². The van der Waals surface area contributed by atoms with Crippen LogP contribution in [0.2, 0.25) is 5.04 Å². The van der Waals surface area contributed by atoms with E-state index in [0.29, 0.717) is 13.2 Å². The zero-order valence-electron chi connectivity index (χ0n) is 23.8. The van der Waals surface area contributed by atoms with Crippen molar-refractivity contribution in [3.05, 3.63) is 102 Å². The maximum absolute atomic E-state index is 13.4. The van der Waals surface area contributed by atoms with Crippen LogP contribution in [-0.4, -0.2) is 44.1 Å². The van der Waals surface area contributed by atoms with Crippen LogP contribution >= 0.6 is 0 Å². The molecule has 0 aromatic heterocycles. The summed E-state index contributed by atoms with van der Waals surface area (Å²) >= 11 is 0. The van der Waals surface area contributed by atoms with Gasteiger partial charge in [0.15, 0.2) is 0 Å². The largest absolute Gasteiger partial charge is 0.444 e. The first kappa shape index (κ1) is 27.9. The minimum absolute atomic E-state index is 0.145. The molecule has 3 aromatic carbocycles. The molecule has 1 amide bonds. The number of hydrogen-bond donors (Lipinski definition) is 0. The second kappa shape index (κ2) is 10.9. The van der Waals surface area contributed by atoms with E-state index in [2.05, 4.69) is 107 Å². The third kappa shape index (κ3) is 5.95. The molecule has 1 heterocycles. The number of benzene rings is 3. The fourth-order valence-corrected chi connectivity index (χ4v) is 9.91. The lowest BCUT2D eigenvalue weighted by Gasteiger charge is -2.44. The van der Waals surface area contributed by atoms with Crippen molar-refractivity contribution in [2.75, 3.05) is 13.2 Å². The molecule has 0 unspecified atom stereocenters. The molecule has 0 fully saturated rings. The Hall–Kier alpha value is -3.15. The van der Waals surface area contributed by atoms with Gasteiger partial charge in [0.05, 0.1) is 19.2 Å². The Balaban J connectivity index is 1.75. The molecule has 0 bridgehead atoms. The lowest BCUT2D eigenvalue weighted by Crippen LogP contribution is -2.67. The van der Waals surface area contributed by atoms with Crippen LogP contribution < -0.4 is 10.4 Å². The Morgan fingerprint density at radius 2 is 1.45 bits per heavy atom. The van der Waals surface area contributed by atoms with E-state index >= 15 is 0 Å². The topological polar surface area (TPSA) is 38.8 Å². The summed E-state index contributed by atoms with van der Waals surface area (Å²) in [6.07, 6.45) is 1.88. The molecule has 5 heteroatoms. The van der Waals surface area contributed by atoms with Crippen LogP contribution in [0.4, 0.5) is 4.79 Å². The number of hydrogen-bond acceptors (Lipinski definition) is 3. The Morgan fingerprint density at radius 3 is 1.95 bits per heavy atom. The second-order valence-electron chi connectivity index (χ2n) is 12.2. The van der Waals surface area contributed by atoms with Gasteiger partial charge in [-0.15, -0.1) is 0 Å². The second-order valence-corrected chi connectivity index (χ2v) is 16.5. The molecule has 200 valence electrons. The molecule has 1 aliphatic rings. The maximum atomic E-state index is 13.4. The Bertz CT molecular complexity index is 1230. The number of ether oxygens (including phenoxy) is 1. The lowest BCUT2D eigenvalue weighted by atomic mass is 10.0. The number of rotatable bonds is 6. The summed E-state index contributed by atoms with van der Waals surface area (Å²) in [6, 6.07) is 29.4. The first-order valence-corrected chi connectivity index (χ1v) is 15.3. The quantitative estimate of drug-likeness (QED) is 0.340. The smallest absolute Gasteiger partial charge is 0.411 e. The van der Waals surface area contributed by atoms with Gasteiger partial charge in [-0.25, -0.2) is 4.79 Å². The minimum atomic E-state index is -2.75. The number of carbonyl (C=O) groups is 1. The fraction of sp³-hybridized carbons (Fsp3) is 0.364. The molecule has 0 N–H and O–H groups in total. The average molecular weight is 528 g/mol. The molecular weight excluding hydrogens is 486 g/mol. The lowest BCUT2D eigenvalue weighted by molar-refractivity contribution is 0.0207. The van der Waals surface area contributed by atoms with E-state index in [1.54, 1.807) is 0 Å². The molecule has 0 radical (unpaired) electrons. The van der Waals surface area contributed by atoms with Crippen molar-refractivity contribution in [1.29, 1.82) is 0 Å². The molecule has 38 heavy (non-hydrogen) atoms. The van der Waals surface area contributed by atoms with E-state index < -0.39 is 13.9 Å². The third-order valence-electron chi connectivity index (χ3n) is 7.04. The van der Waals surface area contributed by atoms with Crippen LogP contribution in [0.1, 0.15) is 52.7 Å². The summed E-state index contributed by atoms with van der Waals surface area (Å²) in [6.45, 7) is 15.5. The summed E-state index contributed by atoms with van der Waals surface area (Å²) < 4.78 is 13.1. The van der Waals surface area contributed by atoms with Crippen molar-refractivity contribution in [2.45, 2.75) is 65.1 Å². The predicted octanol–water partition coefficient (Wildman–Crippen LogP) is 6.57. The van der Waals surface area contributed by atoms with Gasteiger partial charge in [0.1, 0.15) is 5.60 Å². The van der Waals surface area contributed by atoms with Crippen molar-refractivity contribution >= 4 is 30.4 Å². The van der Waals surface area contributed by atoms with Crippen LogP contribution in [0.15, 0.2) is 91.0 Å². The highest BCUT2D eigenvalue weighted by Crippen LogP contribution is 2.37. The van der Waals surface area contributed by atoms with Crippen LogP contribution in [0.5, 0.6) is 0 Å². The van der Waals surface area contributed by atoms with Crippen molar-refractivity contribution in [2.24, 2.45) is 0 Å². The highest BCUT2D eigenvalue weighted by molar-refractivity contribution is 6.99. The zero-order valence-corrected chi connectivity index (χ0v) is 24.8. The van der Waals surface area contributed by atoms with Gasteiger partial charge in [0, 0.05) is 0 Å². The van der Waals surface area contributed by atoms with Gasteiger partial charge in [0.25, 0.3) is 8.32 Å². The van der Waals surface area contributed by atoms with E-state index in [9.17, 15) is 4.79 Å². The Morgan fingerprint density at radius 1 is 0.868 bits per heavy atom. The van der Waals surface area contributed by atoms with Crippen molar-refractivity contribution < 1.29 is 14.0 Å². The standard InChI is InChI=1S/C33H41NO3Si/c1-25-15-14-16-26(21-25)27-22-28(34(23-27)31(35)37-32(2,3)4)24-36-38(33(5,6)7,29-17-10-8-11-18-29)30-19-12-9-13-20-30/h8-22,28H,23-24H2,1-7H3/t28-/m0/s1. The zero-order chi connectivity index (χ0) is 27.6. The molecule has 0 saturated carbocycles. The van der Waals surface area contributed by atoms with Crippen LogP contribution in [0.25, 0.3) is 5.57 Å². The van der Waals surface area contributed by atoms with Gasteiger partial charge >= 0.3 is 6.09 Å². The monoisotopic (exact) mass is 527 g/mol. The SMILES string of the molecule is Cc1cccc(C2=C[C@@H](CO[Si](c3ccccc3)(c3ccccc3)C(C)(C)C)N(C(=O)OC(C)(C)C)C2)c1. The van der Waals surface area contributed by atoms with Crippen molar-refractivity contribution in [3.8, 4) is 0 Å². The first-order chi connectivity index (χ1) is 17.9. The molecule has 4 rings (SSSR count). The van der Waals surface area contributed by atoms with Crippen LogP contribution in [0, 0.1) is 6.92 Å². The normalized spacial score (nSPS) is 16.3. The van der Waals surface area contributed by atoms with Gasteiger partial charge in [-0.1, -0.05) is 117 Å². The van der Waals surface area contributed by atoms with Crippen LogP contribution in [0.3, 0.4) is 0 Å². The minimum Gasteiger partial charge on any atom is -0.444 e. The van der Waals surface area contributed by atoms with Gasteiger partial charge in [-0.3, -0.25) is 4.90 Å². The number of nitrogens with zero attached hydrogens (tertiary/aromatic N) is 1. The van der Waals surface area contributed by atoms with Crippen molar-refractivity contribution in [1.82, 2.24) is 4.90 Å². The summed E-state index contributed by atoms with van der Waals surface area (Å²) in [7, 11) is -2.75. The van der Waals surface area contributed by atoms with Gasteiger partial charge in [-0.05, 0) is 54.2 Å². The molecule has 3 aromatic rings.